The summed E-state index contributed by atoms with van der Waals surface area (Å²) in [5.74, 6) is 0. The highest BCUT2D eigenvalue weighted by atomic mass is 16.3. The average molecular weight is 527 g/mol. The van der Waals surface area contributed by atoms with Crippen LogP contribution in [-0.2, 0) is 6.67 Å². The maximum atomic E-state index is 6.36. The van der Waals surface area contributed by atoms with Gasteiger partial charge in [-0.3, -0.25) is 4.99 Å². The van der Waals surface area contributed by atoms with E-state index >= 15 is 0 Å². The first kappa shape index (κ1) is 23.5. The van der Waals surface area contributed by atoms with Gasteiger partial charge in [-0.2, -0.15) is 0 Å². The molecule has 3 heteroatoms. The summed E-state index contributed by atoms with van der Waals surface area (Å²) in [6, 6.07) is 48.9. The Kier molecular flexibility index (Phi) is 5.53. The van der Waals surface area contributed by atoms with Crippen molar-refractivity contribution in [2.45, 2.75) is 6.67 Å². The number of hydrogen-bond donors (Lipinski definition) is 0. The van der Waals surface area contributed by atoms with Gasteiger partial charge in [0.25, 0.3) is 0 Å². The van der Waals surface area contributed by atoms with Crippen molar-refractivity contribution in [2.75, 3.05) is 0 Å². The van der Waals surface area contributed by atoms with Crippen LogP contribution in [0.1, 0.15) is 5.56 Å². The highest BCUT2D eigenvalue weighted by molar-refractivity contribution is 6.12. The van der Waals surface area contributed by atoms with Gasteiger partial charge < -0.3 is 8.98 Å². The van der Waals surface area contributed by atoms with E-state index in [9.17, 15) is 0 Å². The van der Waals surface area contributed by atoms with Crippen LogP contribution in [0.4, 0.5) is 0 Å². The molecule has 0 saturated carbocycles. The molecule has 0 spiro atoms. The van der Waals surface area contributed by atoms with E-state index < -0.39 is 0 Å². The van der Waals surface area contributed by atoms with Gasteiger partial charge in [-0.25, -0.2) is 0 Å². The zero-order valence-corrected chi connectivity index (χ0v) is 22.4. The zero-order valence-electron chi connectivity index (χ0n) is 22.4. The van der Waals surface area contributed by atoms with Gasteiger partial charge in [-0.05, 0) is 46.5 Å². The maximum absolute atomic E-state index is 6.36. The lowest BCUT2D eigenvalue weighted by molar-refractivity contribution is 0.670. The fraction of sp³-hybridized carbons (Fsp3) is 0.0263. The summed E-state index contributed by atoms with van der Waals surface area (Å²) in [7, 11) is 0. The van der Waals surface area contributed by atoms with Gasteiger partial charge in [0.1, 0.15) is 17.8 Å². The molecule has 0 saturated heterocycles. The Labute approximate surface area is 237 Å². The number of fused-ring (bicyclic) bond motifs is 6. The van der Waals surface area contributed by atoms with Gasteiger partial charge in [0.05, 0.1) is 11.0 Å². The highest BCUT2D eigenvalue weighted by Crippen LogP contribution is 2.38. The first-order valence-electron chi connectivity index (χ1n) is 13.9. The molecule has 0 atom stereocenters. The molecule has 194 valence electrons. The molecule has 0 N–H and O–H groups in total. The van der Waals surface area contributed by atoms with E-state index in [1.807, 2.05) is 24.4 Å². The molecule has 0 bridgehead atoms. The predicted molar refractivity (Wildman–Crippen MR) is 172 cm³/mol. The highest BCUT2D eigenvalue weighted by Gasteiger charge is 2.15. The zero-order chi connectivity index (χ0) is 27.2. The fourth-order valence-electron chi connectivity index (χ4n) is 6.00. The molecule has 0 aliphatic rings. The van der Waals surface area contributed by atoms with Gasteiger partial charge in [-0.1, -0.05) is 115 Å². The van der Waals surface area contributed by atoms with Crippen molar-refractivity contribution in [2.24, 2.45) is 4.99 Å². The third kappa shape index (κ3) is 4.02. The van der Waals surface area contributed by atoms with Crippen LogP contribution in [0.5, 0.6) is 0 Å². The number of rotatable bonds is 5. The first-order chi connectivity index (χ1) is 20.3. The second-order valence-electron chi connectivity index (χ2n) is 10.4. The van der Waals surface area contributed by atoms with E-state index in [0.29, 0.717) is 6.67 Å². The summed E-state index contributed by atoms with van der Waals surface area (Å²) in [4.78, 5) is 4.92. The van der Waals surface area contributed by atoms with Gasteiger partial charge in [0.15, 0.2) is 0 Å². The third-order valence-electron chi connectivity index (χ3n) is 7.95. The van der Waals surface area contributed by atoms with E-state index in [1.54, 1.807) is 0 Å². The van der Waals surface area contributed by atoms with Crippen LogP contribution < -0.4 is 0 Å². The van der Waals surface area contributed by atoms with Crippen molar-refractivity contribution in [3.63, 3.8) is 0 Å². The molecular formula is C38H26N2O. The summed E-state index contributed by atoms with van der Waals surface area (Å²) in [5, 5.41) is 4.74. The molecule has 0 aliphatic heterocycles. The third-order valence-corrected chi connectivity index (χ3v) is 7.95. The van der Waals surface area contributed by atoms with Crippen molar-refractivity contribution in [1.29, 1.82) is 0 Å². The number of aromatic nitrogens is 1. The SMILES string of the molecule is C(=N\Cn1c2ccccc2c2ccc(-c3cccc4c3oc3ccccc34)cc21)/c1cccc(-c2ccccc2)c1. The van der Waals surface area contributed by atoms with Crippen molar-refractivity contribution in [3.05, 3.63) is 145 Å². The molecule has 8 aromatic rings. The molecule has 41 heavy (non-hydrogen) atoms. The van der Waals surface area contributed by atoms with Crippen molar-refractivity contribution < 1.29 is 4.42 Å². The topological polar surface area (TPSA) is 30.4 Å². The monoisotopic (exact) mass is 526 g/mol. The van der Waals surface area contributed by atoms with Gasteiger partial charge in [-0.15, -0.1) is 0 Å². The number of furan rings is 1. The number of para-hydroxylation sites is 3. The largest absolute Gasteiger partial charge is 0.455 e. The van der Waals surface area contributed by atoms with Gasteiger partial charge in [0, 0.05) is 33.3 Å². The predicted octanol–water partition coefficient (Wildman–Crippen LogP) is 10.1. The average Bonchev–Trinajstić information content (AvgIpc) is 3.57. The molecule has 2 aromatic heterocycles. The number of benzene rings is 6. The normalized spacial score (nSPS) is 11.9. The number of hydrogen-bond acceptors (Lipinski definition) is 2. The summed E-state index contributed by atoms with van der Waals surface area (Å²) in [5.41, 5.74) is 9.88. The van der Waals surface area contributed by atoms with Crippen molar-refractivity contribution >= 4 is 50.0 Å². The maximum Gasteiger partial charge on any atom is 0.143 e. The smallest absolute Gasteiger partial charge is 0.143 e. The molecular weight excluding hydrogens is 500 g/mol. The van der Waals surface area contributed by atoms with Crippen LogP contribution in [-0.4, -0.2) is 10.8 Å². The Bertz CT molecular complexity index is 2230. The van der Waals surface area contributed by atoms with Crippen LogP contribution in [0.25, 0.3) is 66.0 Å². The lowest BCUT2D eigenvalue weighted by atomic mass is 10.0. The Morgan fingerprint density at radius 2 is 1.27 bits per heavy atom. The molecule has 8 rings (SSSR count). The standard InChI is InChI=1S/C38H26N2O/c1-2-11-27(12-3-1)28-13-8-10-26(22-28)24-39-25-40-35-18-6-4-14-31(35)32-21-20-29(23-36(32)40)30-16-9-17-34-33-15-5-7-19-37(33)41-38(30)34/h1-24H,25H2/b39-24+. The van der Waals surface area contributed by atoms with E-state index in [4.69, 9.17) is 9.41 Å². The molecule has 6 aromatic carbocycles. The molecule has 0 aliphatic carbocycles. The molecule has 2 heterocycles. The van der Waals surface area contributed by atoms with Crippen LogP contribution in [0, 0.1) is 0 Å². The van der Waals surface area contributed by atoms with E-state index in [2.05, 4.69) is 126 Å². The van der Waals surface area contributed by atoms with Crippen molar-refractivity contribution in [3.8, 4) is 22.3 Å². The van der Waals surface area contributed by atoms with Crippen LogP contribution in [0.15, 0.2) is 149 Å². The van der Waals surface area contributed by atoms with E-state index in [0.717, 1.165) is 44.1 Å². The minimum Gasteiger partial charge on any atom is -0.455 e. The number of aliphatic imine (C=N–C) groups is 1. The summed E-state index contributed by atoms with van der Waals surface area (Å²) >= 11 is 0. The molecule has 0 unspecified atom stereocenters. The lowest BCUT2D eigenvalue weighted by Crippen LogP contribution is -1.96. The van der Waals surface area contributed by atoms with E-state index in [-0.39, 0.29) is 0 Å². The fourth-order valence-corrected chi connectivity index (χ4v) is 6.00. The molecule has 0 amide bonds. The molecule has 3 nitrogen and oxygen atoms in total. The second kappa shape index (κ2) is 9.65. The van der Waals surface area contributed by atoms with Gasteiger partial charge in [0.2, 0.25) is 0 Å². The summed E-state index contributed by atoms with van der Waals surface area (Å²) in [6.45, 7) is 0.526. The second-order valence-corrected chi connectivity index (χ2v) is 10.4. The van der Waals surface area contributed by atoms with Crippen LogP contribution >= 0.6 is 0 Å². The van der Waals surface area contributed by atoms with Crippen molar-refractivity contribution in [1.82, 2.24) is 4.57 Å². The van der Waals surface area contributed by atoms with Crippen LogP contribution in [0.2, 0.25) is 0 Å². The first-order valence-corrected chi connectivity index (χ1v) is 13.9. The minimum absolute atomic E-state index is 0.526. The Hall–Kier alpha value is -5.41. The minimum atomic E-state index is 0.526. The number of nitrogens with zero attached hydrogens (tertiary/aromatic N) is 2. The summed E-state index contributed by atoms with van der Waals surface area (Å²) in [6.07, 6.45) is 1.98. The molecule has 0 radical (unpaired) electrons. The summed E-state index contributed by atoms with van der Waals surface area (Å²) < 4.78 is 8.67. The Morgan fingerprint density at radius 1 is 0.537 bits per heavy atom. The quantitative estimate of drug-likeness (QED) is 0.205. The Morgan fingerprint density at radius 3 is 2.20 bits per heavy atom. The lowest BCUT2D eigenvalue weighted by Gasteiger charge is -2.07. The Balaban J connectivity index is 1.22. The van der Waals surface area contributed by atoms with Gasteiger partial charge >= 0.3 is 0 Å². The van der Waals surface area contributed by atoms with Crippen LogP contribution in [0.3, 0.4) is 0 Å². The molecule has 0 fully saturated rings. The van der Waals surface area contributed by atoms with E-state index in [1.165, 1.54) is 27.4 Å².